The van der Waals surface area contributed by atoms with Crippen LogP contribution in [-0.2, 0) is 16.0 Å². The topological polar surface area (TPSA) is 151 Å². The number of rotatable bonds is 10. The number of hydrogen-bond acceptors (Lipinski definition) is 8. The molecular formula is C35H39N5O7. The molecule has 1 aliphatic carbocycles. The third-order valence-electron chi connectivity index (χ3n) is 9.28. The number of benzene rings is 2. The molecule has 3 aromatic rings. The first-order valence-electron chi connectivity index (χ1n) is 16.3. The normalized spacial score (nSPS) is 20.4. The molecule has 0 unspecified atom stereocenters. The summed E-state index contributed by atoms with van der Waals surface area (Å²) in [5.41, 5.74) is 2.49. The Balaban J connectivity index is 1.29. The van der Waals surface area contributed by atoms with Crippen molar-refractivity contribution in [3.05, 3.63) is 82.2 Å². The molecule has 1 aromatic heterocycles. The molecule has 6 rings (SSSR count). The van der Waals surface area contributed by atoms with E-state index < -0.39 is 35.6 Å². The fourth-order valence-electron chi connectivity index (χ4n) is 7.04. The van der Waals surface area contributed by atoms with Crippen LogP contribution in [0.3, 0.4) is 0 Å². The predicted molar refractivity (Wildman–Crippen MR) is 170 cm³/mol. The van der Waals surface area contributed by atoms with Crippen LogP contribution < -0.4 is 15.4 Å². The molecule has 5 amide bonds. The van der Waals surface area contributed by atoms with Crippen LogP contribution in [0.25, 0.3) is 0 Å². The van der Waals surface area contributed by atoms with E-state index in [2.05, 4.69) is 15.8 Å². The Morgan fingerprint density at radius 1 is 0.979 bits per heavy atom. The molecule has 0 bridgehead atoms. The lowest BCUT2D eigenvalue weighted by atomic mass is 9.77. The highest BCUT2D eigenvalue weighted by molar-refractivity contribution is 6.21. The van der Waals surface area contributed by atoms with Gasteiger partial charge in [-0.25, -0.2) is 0 Å². The maximum Gasteiger partial charge on any atom is 0.273 e. The second-order valence-corrected chi connectivity index (χ2v) is 12.2. The van der Waals surface area contributed by atoms with Gasteiger partial charge in [-0.1, -0.05) is 42.3 Å². The molecule has 1 saturated carbocycles. The van der Waals surface area contributed by atoms with Gasteiger partial charge in [-0.3, -0.25) is 28.9 Å². The Labute approximate surface area is 272 Å². The van der Waals surface area contributed by atoms with Crippen molar-refractivity contribution in [3.63, 3.8) is 0 Å². The number of fused-ring (bicyclic) bond motifs is 2. The number of amides is 5. The number of nitrogens with zero attached hydrogens (tertiary/aromatic N) is 3. The monoisotopic (exact) mass is 641 g/mol. The van der Waals surface area contributed by atoms with Gasteiger partial charge in [-0.05, 0) is 56.9 Å². The summed E-state index contributed by atoms with van der Waals surface area (Å²) in [5, 5.41) is 9.40. The molecule has 12 nitrogen and oxygen atoms in total. The van der Waals surface area contributed by atoms with E-state index in [4.69, 9.17) is 9.26 Å². The lowest BCUT2D eigenvalue weighted by Gasteiger charge is -2.42. The lowest BCUT2D eigenvalue weighted by Crippen LogP contribution is -2.51. The molecular weight excluding hydrogens is 602 g/mol. The summed E-state index contributed by atoms with van der Waals surface area (Å²) in [7, 11) is 0. The van der Waals surface area contributed by atoms with Crippen molar-refractivity contribution in [1.82, 2.24) is 25.6 Å². The van der Waals surface area contributed by atoms with Gasteiger partial charge >= 0.3 is 0 Å². The van der Waals surface area contributed by atoms with Crippen LogP contribution >= 0.6 is 0 Å². The molecule has 0 spiro atoms. The van der Waals surface area contributed by atoms with Gasteiger partial charge in [0.15, 0.2) is 5.69 Å². The molecule has 0 saturated heterocycles. The Hall–Kier alpha value is -5.00. The molecule has 2 aromatic carbocycles. The van der Waals surface area contributed by atoms with Crippen LogP contribution in [0.15, 0.2) is 53.1 Å². The number of carbonyl (C=O) groups is 5. The van der Waals surface area contributed by atoms with Gasteiger partial charge < -0.3 is 24.8 Å². The highest BCUT2D eigenvalue weighted by atomic mass is 16.5. The Morgan fingerprint density at radius 2 is 1.70 bits per heavy atom. The van der Waals surface area contributed by atoms with Crippen molar-refractivity contribution in [2.24, 2.45) is 11.8 Å². The molecule has 1 fully saturated rings. The number of aromatic nitrogens is 1. The van der Waals surface area contributed by atoms with Crippen molar-refractivity contribution < 1.29 is 33.2 Å². The fraction of sp³-hybridized carbons (Fsp3) is 0.429. The first-order chi connectivity index (χ1) is 22.8. The second kappa shape index (κ2) is 13.8. The van der Waals surface area contributed by atoms with Crippen LogP contribution in [0.5, 0.6) is 5.75 Å². The molecule has 3 aliphatic rings. The molecule has 3 heterocycles. The molecule has 3 atom stereocenters. The Bertz CT molecular complexity index is 1670. The predicted octanol–water partition coefficient (Wildman–Crippen LogP) is 3.46. The average Bonchev–Trinajstić information content (AvgIpc) is 3.63. The minimum Gasteiger partial charge on any atom is -0.491 e. The molecule has 246 valence electrons. The summed E-state index contributed by atoms with van der Waals surface area (Å²) < 4.78 is 11.2. The molecule has 12 heteroatoms. The largest absolute Gasteiger partial charge is 0.491 e. The van der Waals surface area contributed by atoms with Gasteiger partial charge in [0.05, 0.1) is 30.3 Å². The lowest BCUT2D eigenvalue weighted by molar-refractivity contribution is -0.146. The van der Waals surface area contributed by atoms with Gasteiger partial charge in [0, 0.05) is 36.6 Å². The van der Waals surface area contributed by atoms with Gasteiger partial charge in [0.2, 0.25) is 11.8 Å². The van der Waals surface area contributed by atoms with Crippen LogP contribution in [0.1, 0.15) is 86.7 Å². The quantitative estimate of drug-likeness (QED) is 0.252. The van der Waals surface area contributed by atoms with E-state index in [-0.39, 0.29) is 37.2 Å². The third kappa shape index (κ3) is 6.36. The molecule has 2 N–H and O–H groups in total. The number of imide groups is 1. The van der Waals surface area contributed by atoms with Crippen molar-refractivity contribution in [2.45, 2.75) is 52.0 Å². The van der Waals surface area contributed by atoms with Crippen LogP contribution in [0, 0.1) is 18.8 Å². The summed E-state index contributed by atoms with van der Waals surface area (Å²) in [6.45, 7) is 4.65. The van der Waals surface area contributed by atoms with Crippen molar-refractivity contribution in [1.29, 1.82) is 0 Å². The summed E-state index contributed by atoms with van der Waals surface area (Å²) in [4.78, 5) is 70.0. The zero-order valence-corrected chi connectivity index (χ0v) is 26.6. The van der Waals surface area contributed by atoms with Gasteiger partial charge in [-0.2, -0.15) is 0 Å². The van der Waals surface area contributed by atoms with Crippen molar-refractivity contribution >= 4 is 29.5 Å². The summed E-state index contributed by atoms with van der Waals surface area (Å²) in [5.74, 6) is -1.42. The molecule has 2 aliphatic heterocycles. The van der Waals surface area contributed by atoms with Gasteiger partial charge in [0.25, 0.3) is 17.7 Å². The number of carbonyl (C=O) groups excluding carboxylic acids is 5. The van der Waals surface area contributed by atoms with Crippen LogP contribution in [0.4, 0.5) is 0 Å². The fourth-order valence-corrected chi connectivity index (χ4v) is 7.04. The molecule has 47 heavy (non-hydrogen) atoms. The van der Waals surface area contributed by atoms with E-state index in [1.807, 2.05) is 19.1 Å². The Morgan fingerprint density at radius 3 is 2.38 bits per heavy atom. The standard InChI is InChI=1S/C35H39N5O7/c1-3-36-31(41)23-10-4-5-11-24(23)33(43)39-17-15-22-9-8-14-29(46-18-16-37-32(42)27-19-21(2)47-38-27)30(22)28(39)20-40-34(44)25-12-6-7-13-26(25)35(40)45/h6-9,12-14,19,23-24,28H,3-5,10-11,15-18,20H2,1-2H3,(H,36,41)(H,37,42)/t23-,24+,28+/m0/s1. The second-order valence-electron chi connectivity index (χ2n) is 12.2. The minimum atomic E-state index is -0.700. The smallest absolute Gasteiger partial charge is 0.273 e. The van der Waals surface area contributed by atoms with E-state index in [1.54, 1.807) is 48.2 Å². The first kappa shape index (κ1) is 32.0. The Kier molecular flexibility index (Phi) is 9.37. The van der Waals surface area contributed by atoms with Crippen molar-refractivity contribution in [2.75, 3.05) is 32.8 Å². The number of nitrogens with one attached hydrogen (secondary N) is 2. The van der Waals surface area contributed by atoms with E-state index in [0.29, 0.717) is 60.6 Å². The van der Waals surface area contributed by atoms with Crippen molar-refractivity contribution in [3.8, 4) is 5.75 Å². The zero-order valence-electron chi connectivity index (χ0n) is 26.6. The third-order valence-corrected chi connectivity index (χ3v) is 9.28. The first-order valence-corrected chi connectivity index (χ1v) is 16.3. The number of hydrogen-bond donors (Lipinski definition) is 2. The highest BCUT2D eigenvalue weighted by Crippen LogP contribution is 2.41. The van der Waals surface area contributed by atoms with E-state index in [0.717, 1.165) is 18.4 Å². The highest BCUT2D eigenvalue weighted by Gasteiger charge is 2.45. The maximum atomic E-state index is 14.5. The summed E-state index contributed by atoms with van der Waals surface area (Å²) in [6, 6.07) is 13.2. The van der Waals surface area contributed by atoms with Gasteiger partial charge in [0.1, 0.15) is 18.1 Å². The maximum absolute atomic E-state index is 14.5. The molecule has 0 radical (unpaired) electrons. The summed E-state index contributed by atoms with van der Waals surface area (Å²) >= 11 is 0. The average molecular weight is 642 g/mol. The summed E-state index contributed by atoms with van der Waals surface area (Å²) in [6.07, 6.45) is 3.47. The van der Waals surface area contributed by atoms with Gasteiger partial charge in [-0.15, -0.1) is 0 Å². The van der Waals surface area contributed by atoms with E-state index in [9.17, 15) is 24.0 Å². The van der Waals surface area contributed by atoms with E-state index >= 15 is 0 Å². The van der Waals surface area contributed by atoms with Crippen LogP contribution in [-0.4, -0.2) is 77.3 Å². The van der Waals surface area contributed by atoms with Crippen LogP contribution in [0.2, 0.25) is 0 Å². The SMILES string of the molecule is CCNC(=O)[C@H]1CCCC[C@H]1C(=O)N1CCc2cccc(OCCNC(=O)c3cc(C)on3)c2[C@H]1CN1C(=O)c2ccccc2C1=O. The minimum absolute atomic E-state index is 0.0632. The number of aryl methyl sites for hydroxylation is 1. The number of ether oxygens (including phenoxy) is 1. The van der Waals surface area contributed by atoms with E-state index in [1.165, 1.54) is 4.90 Å². The zero-order chi connectivity index (χ0) is 33.1.